The van der Waals surface area contributed by atoms with Gasteiger partial charge in [-0.15, -0.1) is 0 Å². The number of fused-ring (bicyclic) bond motifs is 1. The Morgan fingerprint density at radius 3 is 2.93 bits per heavy atom. The Kier molecular flexibility index (Phi) is 2.21. The average Bonchev–Trinajstić information content (AvgIpc) is 2.23. The molecule has 5 heteroatoms. The molecule has 0 saturated heterocycles. The summed E-state index contributed by atoms with van der Waals surface area (Å²) in [5.74, 6) is -0.183. The molecule has 1 aromatic carbocycles. The van der Waals surface area contributed by atoms with Crippen molar-refractivity contribution in [3.05, 3.63) is 37.1 Å². The Balaban J connectivity index is 2.83. The van der Waals surface area contributed by atoms with Gasteiger partial charge in [-0.25, -0.2) is 14.4 Å². The van der Waals surface area contributed by atoms with E-state index in [4.69, 9.17) is 5.73 Å². The van der Waals surface area contributed by atoms with Gasteiger partial charge in [-0.1, -0.05) is 6.58 Å². The van der Waals surface area contributed by atoms with Crippen molar-refractivity contribution in [2.45, 2.75) is 0 Å². The van der Waals surface area contributed by atoms with E-state index >= 15 is 0 Å². The van der Waals surface area contributed by atoms with Crippen molar-refractivity contribution in [2.75, 3.05) is 11.1 Å². The van der Waals surface area contributed by atoms with Crippen LogP contribution >= 0.6 is 0 Å². The third-order valence-corrected chi connectivity index (χ3v) is 2.03. The summed E-state index contributed by atoms with van der Waals surface area (Å²) < 4.78 is 13.4. The molecule has 2 aromatic rings. The Bertz CT molecular complexity index is 524. The summed E-state index contributed by atoms with van der Waals surface area (Å²) in [5.41, 5.74) is 6.51. The van der Waals surface area contributed by atoms with E-state index in [1.807, 2.05) is 0 Å². The second kappa shape index (κ2) is 3.53. The Morgan fingerprint density at radius 1 is 1.40 bits per heavy atom. The Morgan fingerprint density at radius 2 is 2.20 bits per heavy atom. The largest absolute Gasteiger partial charge is 0.383 e. The maximum atomic E-state index is 13.4. The molecule has 0 aliphatic rings. The molecule has 2 rings (SSSR count). The van der Waals surface area contributed by atoms with Crippen LogP contribution in [0, 0.1) is 5.82 Å². The maximum absolute atomic E-state index is 13.4. The summed E-state index contributed by atoms with van der Waals surface area (Å²) in [6.07, 6.45) is 2.72. The zero-order valence-electron chi connectivity index (χ0n) is 7.87. The highest BCUT2D eigenvalue weighted by atomic mass is 19.1. The van der Waals surface area contributed by atoms with Gasteiger partial charge in [0.15, 0.2) is 0 Å². The predicted molar refractivity (Wildman–Crippen MR) is 57.7 cm³/mol. The van der Waals surface area contributed by atoms with Gasteiger partial charge < -0.3 is 11.1 Å². The molecule has 0 atom stereocenters. The molecule has 0 bridgehead atoms. The number of aromatic nitrogens is 2. The van der Waals surface area contributed by atoms with Gasteiger partial charge in [0.2, 0.25) is 0 Å². The van der Waals surface area contributed by atoms with Gasteiger partial charge in [-0.2, -0.15) is 0 Å². The van der Waals surface area contributed by atoms with Gasteiger partial charge in [0.25, 0.3) is 0 Å². The van der Waals surface area contributed by atoms with Crippen LogP contribution in [-0.4, -0.2) is 9.97 Å². The number of nitrogen functional groups attached to an aromatic ring is 1. The number of nitrogens with zero attached hydrogens (tertiary/aromatic N) is 2. The van der Waals surface area contributed by atoms with E-state index in [9.17, 15) is 4.39 Å². The molecular weight excluding hydrogens is 195 g/mol. The summed E-state index contributed by atoms with van der Waals surface area (Å²) in [4.78, 5) is 7.66. The monoisotopic (exact) mass is 204 g/mol. The first kappa shape index (κ1) is 9.39. The van der Waals surface area contributed by atoms with Gasteiger partial charge in [0, 0.05) is 0 Å². The van der Waals surface area contributed by atoms with Gasteiger partial charge >= 0.3 is 0 Å². The number of hydrogen-bond acceptors (Lipinski definition) is 4. The van der Waals surface area contributed by atoms with Crippen molar-refractivity contribution in [3.63, 3.8) is 0 Å². The Hall–Kier alpha value is -2.17. The van der Waals surface area contributed by atoms with Crippen LogP contribution in [0.1, 0.15) is 0 Å². The number of hydrogen-bond donors (Lipinski definition) is 2. The lowest BCUT2D eigenvalue weighted by Gasteiger charge is -2.07. The molecule has 0 fully saturated rings. The van der Waals surface area contributed by atoms with Gasteiger partial charge in [0.05, 0.1) is 11.1 Å². The summed E-state index contributed by atoms with van der Waals surface area (Å²) in [7, 11) is 0. The third-order valence-electron chi connectivity index (χ3n) is 2.03. The van der Waals surface area contributed by atoms with Crippen LogP contribution in [0.15, 0.2) is 31.2 Å². The van der Waals surface area contributed by atoms with Gasteiger partial charge in [-0.3, -0.25) is 0 Å². The molecule has 1 aromatic heterocycles. The third kappa shape index (κ3) is 1.48. The van der Waals surface area contributed by atoms with Crippen LogP contribution in [0.4, 0.5) is 15.9 Å². The first-order valence-corrected chi connectivity index (χ1v) is 4.30. The molecule has 0 unspecified atom stereocenters. The van der Waals surface area contributed by atoms with E-state index in [0.717, 1.165) is 0 Å². The standard InChI is InChI=1S/C10H9FN4/c1-2-13-7-4-3-6(11)9-8(7)10(12)15-5-14-9/h2-5,13H,1H2,(H2,12,14,15). The number of halogens is 1. The molecule has 0 saturated carbocycles. The van der Waals surface area contributed by atoms with E-state index < -0.39 is 5.82 Å². The minimum atomic E-state index is -0.422. The van der Waals surface area contributed by atoms with Gasteiger partial charge in [0.1, 0.15) is 23.5 Å². The summed E-state index contributed by atoms with van der Waals surface area (Å²) in [5, 5.41) is 3.33. The minimum absolute atomic E-state index is 0.203. The molecule has 0 amide bonds. The molecule has 1 heterocycles. The zero-order chi connectivity index (χ0) is 10.8. The van der Waals surface area contributed by atoms with Crippen molar-refractivity contribution in [3.8, 4) is 0 Å². The minimum Gasteiger partial charge on any atom is -0.383 e. The highest BCUT2D eigenvalue weighted by Crippen LogP contribution is 2.27. The lowest BCUT2D eigenvalue weighted by Crippen LogP contribution is -1.98. The molecule has 76 valence electrons. The smallest absolute Gasteiger partial charge is 0.149 e. The van der Waals surface area contributed by atoms with Crippen LogP contribution in [0.2, 0.25) is 0 Å². The number of nitrogens with two attached hydrogens (primary N) is 1. The molecule has 15 heavy (non-hydrogen) atoms. The van der Waals surface area contributed by atoms with Crippen LogP contribution in [0.5, 0.6) is 0 Å². The molecule has 3 N–H and O–H groups in total. The van der Waals surface area contributed by atoms with E-state index in [-0.39, 0.29) is 11.3 Å². The normalized spacial score (nSPS) is 10.2. The summed E-state index contributed by atoms with van der Waals surface area (Å²) in [6.45, 7) is 3.53. The summed E-state index contributed by atoms with van der Waals surface area (Å²) in [6, 6.07) is 2.89. The Labute approximate surface area is 85.6 Å². The number of nitrogens with one attached hydrogen (secondary N) is 1. The van der Waals surface area contributed by atoms with Crippen LogP contribution in [0.3, 0.4) is 0 Å². The number of anilines is 2. The maximum Gasteiger partial charge on any atom is 0.149 e. The van der Waals surface area contributed by atoms with Crippen LogP contribution in [-0.2, 0) is 0 Å². The second-order valence-electron chi connectivity index (χ2n) is 2.93. The quantitative estimate of drug-likeness (QED) is 0.784. The average molecular weight is 204 g/mol. The summed E-state index contributed by atoms with van der Waals surface area (Å²) >= 11 is 0. The molecule has 0 spiro atoms. The van der Waals surface area contributed by atoms with Crippen molar-refractivity contribution >= 4 is 22.4 Å². The fraction of sp³-hybridized carbons (Fsp3) is 0. The fourth-order valence-corrected chi connectivity index (χ4v) is 1.39. The predicted octanol–water partition coefficient (Wildman–Crippen LogP) is 1.91. The van der Waals surface area contributed by atoms with Crippen molar-refractivity contribution < 1.29 is 4.39 Å². The van der Waals surface area contributed by atoms with Crippen molar-refractivity contribution in [2.24, 2.45) is 0 Å². The van der Waals surface area contributed by atoms with Crippen LogP contribution < -0.4 is 11.1 Å². The molecule has 0 aliphatic carbocycles. The van der Waals surface area contributed by atoms with Crippen LogP contribution in [0.25, 0.3) is 10.9 Å². The fourth-order valence-electron chi connectivity index (χ4n) is 1.39. The van der Waals surface area contributed by atoms with E-state index in [1.165, 1.54) is 18.6 Å². The first-order chi connectivity index (χ1) is 7.24. The van der Waals surface area contributed by atoms with Crippen molar-refractivity contribution in [1.82, 2.24) is 9.97 Å². The SMILES string of the molecule is C=CNc1ccc(F)c2ncnc(N)c12. The van der Waals surface area contributed by atoms with Crippen molar-refractivity contribution in [1.29, 1.82) is 0 Å². The lowest BCUT2D eigenvalue weighted by molar-refractivity contribution is 0.636. The molecular formula is C10H9FN4. The highest BCUT2D eigenvalue weighted by molar-refractivity contribution is 5.99. The number of benzene rings is 1. The lowest BCUT2D eigenvalue weighted by atomic mass is 10.2. The molecule has 0 aliphatic heterocycles. The topological polar surface area (TPSA) is 63.8 Å². The molecule has 0 radical (unpaired) electrons. The number of rotatable bonds is 2. The van der Waals surface area contributed by atoms with E-state index in [2.05, 4.69) is 21.9 Å². The second-order valence-corrected chi connectivity index (χ2v) is 2.93. The van der Waals surface area contributed by atoms with E-state index in [1.54, 1.807) is 6.07 Å². The highest BCUT2D eigenvalue weighted by Gasteiger charge is 2.09. The zero-order valence-corrected chi connectivity index (χ0v) is 7.87. The molecule has 4 nitrogen and oxygen atoms in total. The van der Waals surface area contributed by atoms with E-state index in [0.29, 0.717) is 11.1 Å². The van der Waals surface area contributed by atoms with Gasteiger partial charge in [-0.05, 0) is 18.3 Å². The first-order valence-electron chi connectivity index (χ1n) is 4.30.